The summed E-state index contributed by atoms with van der Waals surface area (Å²) in [5.41, 5.74) is 1.78. The number of hydrogen-bond acceptors (Lipinski definition) is 3. The highest BCUT2D eigenvalue weighted by atomic mass is 16.3. The van der Waals surface area contributed by atoms with Gasteiger partial charge in [-0.1, -0.05) is 26.0 Å². The van der Waals surface area contributed by atoms with Gasteiger partial charge in [0.1, 0.15) is 0 Å². The number of rotatable bonds is 6. The molecule has 22 heavy (non-hydrogen) atoms. The van der Waals surface area contributed by atoms with Gasteiger partial charge in [-0.3, -0.25) is 9.59 Å². The molecule has 0 aliphatic heterocycles. The largest absolute Gasteiger partial charge is 0.393 e. The van der Waals surface area contributed by atoms with E-state index in [2.05, 4.69) is 24.5 Å². The molecule has 0 bridgehead atoms. The molecule has 0 unspecified atom stereocenters. The standard InChI is InChI=1S/C17H24N2O3/c1-11(2)12-5-7-14(8-6-12)19-17(22)16(21)18-10-9-15(20)13-3-4-13/h5-8,11,13,15,20H,3-4,9-10H2,1-2H3,(H,18,21)(H,19,22)/t15-/m1/s1. The van der Waals surface area contributed by atoms with Crippen LogP contribution in [0.1, 0.15) is 44.6 Å². The molecular formula is C17H24N2O3. The van der Waals surface area contributed by atoms with E-state index in [1.807, 2.05) is 12.1 Å². The molecule has 2 rings (SSSR count). The average Bonchev–Trinajstić information content (AvgIpc) is 3.32. The highest BCUT2D eigenvalue weighted by molar-refractivity contribution is 6.39. The third-order valence-corrected chi connectivity index (χ3v) is 3.93. The quantitative estimate of drug-likeness (QED) is 0.704. The summed E-state index contributed by atoms with van der Waals surface area (Å²) in [7, 11) is 0. The van der Waals surface area contributed by atoms with E-state index in [0.717, 1.165) is 12.8 Å². The molecule has 1 atom stereocenters. The van der Waals surface area contributed by atoms with Crippen LogP contribution in [0.4, 0.5) is 5.69 Å². The maximum Gasteiger partial charge on any atom is 0.313 e. The van der Waals surface area contributed by atoms with Crippen LogP contribution in [0.25, 0.3) is 0 Å². The number of carbonyl (C=O) groups excluding carboxylic acids is 2. The summed E-state index contributed by atoms with van der Waals surface area (Å²) < 4.78 is 0. The van der Waals surface area contributed by atoms with Crippen LogP contribution >= 0.6 is 0 Å². The van der Waals surface area contributed by atoms with Crippen molar-refractivity contribution in [2.75, 3.05) is 11.9 Å². The lowest BCUT2D eigenvalue weighted by atomic mass is 10.0. The van der Waals surface area contributed by atoms with E-state index >= 15 is 0 Å². The zero-order valence-corrected chi connectivity index (χ0v) is 13.1. The first-order chi connectivity index (χ1) is 10.5. The molecule has 1 saturated carbocycles. The first-order valence-corrected chi connectivity index (χ1v) is 7.84. The summed E-state index contributed by atoms with van der Waals surface area (Å²) in [6.07, 6.45) is 2.24. The van der Waals surface area contributed by atoms with Crippen molar-refractivity contribution in [3.05, 3.63) is 29.8 Å². The minimum absolute atomic E-state index is 0.316. The first kappa shape index (κ1) is 16.5. The summed E-state index contributed by atoms with van der Waals surface area (Å²) in [4.78, 5) is 23.5. The third kappa shape index (κ3) is 4.84. The molecule has 1 aliphatic rings. The van der Waals surface area contributed by atoms with Crippen molar-refractivity contribution in [2.24, 2.45) is 5.92 Å². The van der Waals surface area contributed by atoms with Gasteiger partial charge < -0.3 is 15.7 Å². The van der Waals surface area contributed by atoms with Crippen molar-refractivity contribution in [3.8, 4) is 0 Å². The highest BCUT2D eigenvalue weighted by Gasteiger charge is 2.29. The number of aliphatic hydroxyl groups is 1. The molecule has 1 aromatic carbocycles. The minimum Gasteiger partial charge on any atom is -0.393 e. The van der Waals surface area contributed by atoms with Gasteiger partial charge in [0.2, 0.25) is 0 Å². The predicted molar refractivity (Wildman–Crippen MR) is 85.5 cm³/mol. The van der Waals surface area contributed by atoms with Crippen LogP contribution < -0.4 is 10.6 Å². The Kier molecular flexibility index (Phi) is 5.55. The van der Waals surface area contributed by atoms with Gasteiger partial charge in [-0.15, -0.1) is 0 Å². The minimum atomic E-state index is -0.682. The lowest BCUT2D eigenvalue weighted by Crippen LogP contribution is -2.37. The lowest BCUT2D eigenvalue weighted by Gasteiger charge is -2.10. The molecule has 0 aromatic heterocycles. The molecule has 3 N–H and O–H groups in total. The maximum atomic E-state index is 11.8. The van der Waals surface area contributed by atoms with Crippen molar-refractivity contribution in [2.45, 2.75) is 45.1 Å². The van der Waals surface area contributed by atoms with Gasteiger partial charge in [0, 0.05) is 12.2 Å². The van der Waals surface area contributed by atoms with E-state index in [1.54, 1.807) is 12.1 Å². The lowest BCUT2D eigenvalue weighted by molar-refractivity contribution is -0.136. The molecule has 1 aliphatic carbocycles. The van der Waals surface area contributed by atoms with Crippen LogP contribution in [0.15, 0.2) is 24.3 Å². The highest BCUT2D eigenvalue weighted by Crippen LogP contribution is 2.33. The summed E-state index contributed by atoms with van der Waals surface area (Å²) in [5, 5.41) is 14.8. The Balaban J connectivity index is 1.74. The summed E-state index contributed by atoms with van der Waals surface area (Å²) in [6.45, 7) is 4.50. The number of hydrogen-bond donors (Lipinski definition) is 3. The van der Waals surface area contributed by atoms with Crippen LogP contribution in [0.3, 0.4) is 0 Å². The molecule has 5 heteroatoms. The average molecular weight is 304 g/mol. The van der Waals surface area contributed by atoms with E-state index in [9.17, 15) is 14.7 Å². The topological polar surface area (TPSA) is 78.4 Å². The van der Waals surface area contributed by atoms with Crippen LogP contribution in [0.2, 0.25) is 0 Å². The SMILES string of the molecule is CC(C)c1ccc(NC(=O)C(=O)NCC[C@@H](O)C2CC2)cc1. The Bertz CT molecular complexity index is 521. The first-order valence-electron chi connectivity index (χ1n) is 7.84. The van der Waals surface area contributed by atoms with Crippen molar-refractivity contribution >= 4 is 17.5 Å². The summed E-state index contributed by atoms with van der Waals surface area (Å²) in [5.74, 6) is -0.551. The van der Waals surface area contributed by atoms with Crippen molar-refractivity contribution in [1.82, 2.24) is 5.32 Å². The smallest absolute Gasteiger partial charge is 0.313 e. The fourth-order valence-electron chi connectivity index (χ4n) is 2.27. The molecule has 5 nitrogen and oxygen atoms in total. The Labute approximate surface area is 131 Å². The molecule has 0 radical (unpaired) electrons. The van der Waals surface area contributed by atoms with Crippen LogP contribution in [0, 0.1) is 5.92 Å². The summed E-state index contributed by atoms with van der Waals surface area (Å²) in [6, 6.07) is 7.45. The molecule has 2 amide bonds. The van der Waals surface area contributed by atoms with Gasteiger partial charge in [0.05, 0.1) is 6.10 Å². The number of amides is 2. The normalized spacial score (nSPS) is 15.5. The van der Waals surface area contributed by atoms with Gasteiger partial charge in [0.15, 0.2) is 0 Å². The van der Waals surface area contributed by atoms with Gasteiger partial charge in [-0.2, -0.15) is 0 Å². The Morgan fingerprint density at radius 3 is 2.36 bits per heavy atom. The van der Waals surface area contributed by atoms with E-state index in [-0.39, 0.29) is 6.10 Å². The zero-order chi connectivity index (χ0) is 16.1. The second-order valence-electron chi connectivity index (χ2n) is 6.18. The third-order valence-electron chi connectivity index (χ3n) is 3.93. The van der Waals surface area contributed by atoms with Gasteiger partial charge in [-0.05, 0) is 48.8 Å². The van der Waals surface area contributed by atoms with Gasteiger partial charge in [0.25, 0.3) is 0 Å². The number of aliphatic hydroxyl groups excluding tert-OH is 1. The molecule has 120 valence electrons. The second kappa shape index (κ2) is 7.40. The fraction of sp³-hybridized carbons (Fsp3) is 0.529. The van der Waals surface area contributed by atoms with E-state index in [4.69, 9.17) is 0 Å². The van der Waals surface area contributed by atoms with Crippen molar-refractivity contribution in [1.29, 1.82) is 0 Å². The molecule has 0 saturated heterocycles. The second-order valence-corrected chi connectivity index (χ2v) is 6.18. The molecule has 1 fully saturated rings. The molecule has 1 aromatic rings. The van der Waals surface area contributed by atoms with Crippen LogP contribution in [-0.4, -0.2) is 29.6 Å². The van der Waals surface area contributed by atoms with Crippen LogP contribution in [-0.2, 0) is 9.59 Å². The van der Waals surface area contributed by atoms with Crippen molar-refractivity contribution in [3.63, 3.8) is 0 Å². The molecule has 0 heterocycles. The Morgan fingerprint density at radius 1 is 1.18 bits per heavy atom. The van der Waals surface area contributed by atoms with Crippen LogP contribution in [0.5, 0.6) is 0 Å². The molecule has 0 spiro atoms. The maximum absolute atomic E-state index is 11.8. The monoisotopic (exact) mass is 304 g/mol. The number of nitrogens with one attached hydrogen (secondary N) is 2. The number of benzene rings is 1. The summed E-state index contributed by atoms with van der Waals surface area (Å²) >= 11 is 0. The fourth-order valence-corrected chi connectivity index (χ4v) is 2.27. The number of anilines is 1. The van der Waals surface area contributed by atoms with E-state index in [1.165, 1.54) is 5.56 Å². The van der Waals surface area contributed by atoms with E-state index in [0.29, 0.717) is 30.5 Å². The van der Waals surface area contributed by atoms with Gasteiger partial charge in [-0.25, -0.2) is 0 Å². The predicted octanol–water partition coefficient (Wildman–Crippen LogP) is 2.03. The Morgan fingerprint density at radius 2 is 1.82 bits per heavy atom. The van der Waals surface area contributed by atoms with Gasteiger partial charge >= 0.3 is 11.8 Å². The van der Waals surface area contributed by atoms with Crippen molar-refractivity contribution < 1.29 is 14.7 Å². The zero-order valence-electron chi connectivity index (χ0n) is 13.1. The number of carbonyl (C=O) groups is 2. The molecular weight excluding hydrogens is 280 g/mol. The van der Waals surface area contributed by atoms with E-state index < -0.39 is 11.8 Å². The Hall–Kier alpha value is -1.88.